The van der Waals surface area contributed by atoms with Gasteiger partial charge in [-0.3, -0.25) is 0 Å². The molecule has 0 aliphatic heterocycles. The molecule has 1 N–H and O–H groups in total. The van der Waals surface area contributed by atoms with Gasteiger partial charge in [-0.1, -0.05) is 23.4 Å². The quantitative estimate of drug-likeness (QED) is 0.520. The van der Waals surface area contributed by atoms with E-state index in [1.165, 1.54) is 0 Å². The van der Waals surface area contributed by atoms with Crippen molar-refractivity contribution in [2.75, 3.05) is 33.2 Å². The highest BCUT2D eigenvalue weighted by atomic mass is 16.5. The Labute approximate surface area is 136 Å². The van der Waals surface area contributed by atoms with Crippen LogP contribution < -0.4 is 14.4 Å². The van der Waals surface area contributed by atoms with E-state index in [1.807, 2.05) is 49.3 Å². The molecule has 0 aliphatic rings. The van der Waals surface area contributed by atoms with Crippen molar-refractivity contribution in [1.29, 1.82) is 0 Å². The molecule has 0 heterocycles. The van der Waals surface area contributed by atoms with Gasteiger partial charge in [-0.2, -0.15) is 0 Å². The second-order valence-electron chi connectivity index (χ2n) is 5.36. The Morgan fingerprint density at radius 3 is 2.30 bits per heavy atom. The molecule has 0 atom stereocenters. The maximum atomic E-state index is 9.09. The molecule has 0 unspecified atom stereocenters. The smallest absolute Gasteiger partial charge is 0.168 e. The molecule has 122 valence electrons. The predicted molar refractivity (Wildman–Crippen MR) is 93.3 cm³/mol. The first-order valence-corrected chi connectivity index (χ1v) is 7.25. The third-order valence-corrected chi connectivity index (χ3v) is 3.72. The first-order valence-electron chi connectivity index (χ1n) is 7.25. The van der Waals surface area contributed by atoms with Crippen LogP contribution in [-0.2, 0) is 0 Å². The first-order chi connectivity index (χ1) is 11.0. The Morgan fingerprint density at radius 1 is 1.04 bits per heavy atom. The molecular weight excluding hydrogens is 292 g/mol. The number of hydrogen-bond donors (Lipinski definition) is 1. The van der Waals surface area contributed by atoms with Gasteiger partial charge in [-0.15, -0.1) is 0 Å². The lowest BCUT2D eigenvalue weighted by Gasteiger charge is -2.21. The third-order valence-electron chi connectivity index (χ3n) is 3.72. The normalized spacial score (nSPS) is 11.3. The molecule has 23 heavy (non-hydrogen) atoms. The van der Waals surface area contributed by atoms with Gasteiger partial charge in [0.1, 0.15) is 0 Å². The fourth-order valence-electron chi connectivity index (χ4n) is 2.52. The highest BCUT2D eigenvalue weighted by Gasteiger charge is 2.18. The summed E-state index contributed by atoms with van der Waals surface area (Å²) in [5.74, 6) is 1.24. The molecule has 0 saturated carbocycles. The van der Waals surface area contributed by atoms with E-state index >= 15 is 0 Å². The molecule has 0 spiro atoms. The van der Waals surface area contributed by atoms with Gasteiger partial charge in [-0.05, 0) is 25.1 Å². The molecule has 0 amide bonds. The summed E-state index contributed by atoms with van der Waals surface area (Å²) in [6.07, 6.45) is 0. The summed E-state index contributed by atoms with van der Waals surface area (Å²) in [6, 6.07) is 11.8. The molecular formula is C18H22N2O3. The Bertz CT molecular complexity index is 724. The predicted octanol–water partition coefficient (Wildman–Crippen LogP) is 3.64. The number of ether oxygens (including phenoxy) is 2. The molecule has 5 nitrogen and oxygen atoms in total. The minimum atomic E-state index is 0.509. The van der Waals surface area contributed by atoms with Crippen molar-refractivity contribution in [3.63, 3.8) is 0 Å². The molecule has 0 saturated heterocycles. The molecule has 0 aliphatic carbocycles. The van der Waals surface area contributed by atoms with Crippen molar-refractivity contribution in [1.82, 2.24) is 0 Å². The summed E-state index contributed by atoms with van der Waals surface area (Å²) in [5, 5.41) is 12.4. The van der Waals surface area contributed by atoms with Gasteiger partial charge in [0.2, 0.25) is 0 Å². The molecule has 2 aromatic rings. The van der Waals surface area contributed by atoms with Crippen LogP contribution in [-0.4, -0.2) is 39.2 Å². The van der Waals surface area contributed by atoms with Crippen LogP contribution in [0.4, 0.5) is 5.69 Å². The second-order valence-corrected chi connectivity index (χ2v) is 5.36. The number of benzene rings is 2. The average molecular weight is 314 g/mol. The molecule has 2 aromatic carbocycles. The maximum Gasteiger partial charge on any atom is 0.168 e. The Balaban J connectivity index is 2.79. The van der Waals surface area contributed by atoms with Gasteiger partial charge in [0, 0.05) is 36.5 Å². The highest BCUT2D eigenvalue weighted by Crippen LogP contribution is 2.42. The van der Waals surface area contributed by atoms with E-state index in [0.717, 1.165) is 22.4 Å². The van der Waals surface area contributed by atoms with Crippen molar-refractivity contribution < 1.29 is 14.7 Å². The van der Waals surface area contributed by atoms with Crippen molar-refractivity contribution >= 4 is 11.4 Å². The van der Waals surface area contributed by atoms with Crippen molar-refractivity contribution in [2.24, 2.45) is 5.16 Å². The highest BCUT2D eigenvalue weighted by molar-refractivity contribution is 6.01. The van der Waals surface area contributed by atoms with Crippen LogP contribution in [0.25, 0.3) is 11.1 Å². The van der Waals surface area contributed by atoms with Gasteiger partial charge in [-0.25, -0.2) is 0 Å². The van der Waals surface area contributed by atoms with Crippen molar-refractivity contribution in [3.8, 4) is 22.6 Å². The fraction of sp³-hybridized carbons (Fsp3) is 0.278. The van der Waals surface area contributed by atoms with Crippen molar-refractivity contribution in [3.05, 3.63) is 42.0 Å². The van der Waals surface area contributed by atoms with E-state index < -0.39 is 0 Å². The van der Waals surface area contributed by atoms with E-state index in [4.69, 9.17) is 14.7 Å². The van der Waals surface area contributed by atoms with Crippen LogP contribution >= 0.6 is 0 Å². The minimum absolute atomic E-state index is 0.509. The molecule has 0 bridgehead atoms. The maximum absolute atomic E-state index is 9.09. The molecule has 0 radical (unpaired) electrons. The lowest BCUT2D eigenvalue weighted by molar-refractivity contribution is 0.319. The third kappa shape index (κ3) is 3.23. The van der Waals surface area contributed by atoms with E-state index in [0.29, 0.717) is 17.2 Å². The van der Waals surface area contributed by atoms with Gasteiger partial charge in [0.15, 0.2) is 11.5 Å². The number of oxime groups is 1. The van der Waals surface area contributed by atoms with Crippen LogP contribution in [0.2, 0.25) is 0 Å². The SMILES string of the molecule is COc1cc(/C(C)=N/O)cc(-c2ccccc2N(C)C)c1OC. The van der Waals surface area contributed by atoms with Crippen LogP contribution in [0, 0.1) is 0 Å². The number of anilines is 1. The first kappa shape index (κ1) is 16.7. The average Bonchev–Trinajstić information content (AvgIpc) is 2.59. The van der Waals surface area contributed by atoms with E-state index in [1.54, 1.807) is 27.2 Å². The summed E-state index contributed by atoms with van der Waals surface area (Å²) in [7, 11) is 7.20. The Morgan fingerprint density at radius 2 is 1.74 bits per heavy atom. The number of para-hydroxylation sites is 1. The summed E-state index contributed by atoms with van der Waals surface area (Å²) < 4.78 is 11.0. The molecule has 5 heteroatoms. The monoisotopic (exact) mass is 314 g/mol. The molecule has 0 fully saturated rings. The minimum Gasteiger partial charge on any atom is -0.493 e. The largest absolute Gasteiger partial charge is 0.493 e. The van der Waals surface area contributed by atoms with Gasteiger partial charge >= 0.3 is 0 Å². The van der Waals surface area contributed by atoms with Crippen LogP contribution in [0.5, 0.6) is 11.5 Å². The van der Waals surface area contributed by atoms with Crippen LogP contribution in [0.1, 0.15) is 12.5 Å². The van der Waals surface area contributed by atoms with Gasteiger partial charge in [0.25, 0.3) is 0 Å². The lowest BCUT2D eigenvalue weighted by atomic mass is 9.97. The molecule has 2 rings (SSSR count). The summed E-state index contributed by atoms with van der Waals surface area (Å²) >= 11 is 0. The Kier molecular flexibility index (Phi) is 5.11. The number of hydrogen-bond acceptors (Lipinski definition) is 5. The Hall–Kier alpha value is -2.69. The topological polar surface area (TPSA) is 54.3 Å². The zero-order valence-corrected chi connectivity index (χ0v) is 14.1. The number of nitrogens with zero attached hydrogens (tertiary/aromatic N) is 2. The van der Waals surface area contributed by atoms with Crippen LogP contribution in [0.15, 0.2) is 41.6 Å². The summed E-state index contributed by atoms with van der Waals surface area (Å²) in [6.45, 7) is 1.74. The van der Waals surface area contributed by atoms with E-state index in [2.05, 4.69) is 5.16 Å². The standard InChI is InChI=1S/C18H22N2O3/c1-12(19-21)13-10-15(18(23-5)17(11-13)22-4)14-8-6-7-9-16(14)20(2)3/h6-11,21H,1-5H3/b19-12+. The second kappa shape index (κ2) is 7.05. The number of rotatable bonds is 5. The van der Waals surface area contributed by atoms with Gasteiger partial charge in [0.05, 0.1) is 19.9 Å². The zero-order chi connectivity index (χ0) is 17.0. The van der Waals surface area contributed by atoms with Crippen LogP contribution in [0.3, 0.4) is 0 Å². The number of methoxy groups -OCH3 is 2. The van der Waals surface area contributed by atoms with E-state index in [9.17, 15) is 0 Å². The van der Waals surface area contributed by atoms with Crippen molar-refractivity contribution in [2.45, 2.75) is 6.92 Å². The fourth-order valence-corrected chi connectivity index (χ4v) is 2.52. The van der Waals surface area contributed by atoms with E-state index in [-0.39, 0.29) is 0 Å². The molecule has 0 aromatic heterocycles. The summed E-state index contributed by atoms with van der Waals surface area (Å²) in [5.41, 5.74) is 4.24. The van der Waals surface area contributed by atoms with Gasteiger partial charge < -0.3 is 19.6 Å². The zero-order valence-electron chi connectivity index (χ0n) is 14.1. The summed E-state index contributed by atoms with van der Waals surface area (Å²) in [4.78, 5) is 2.04. The lowest BCUT2D eigenvalue weighted by Crippen LogP contribution is -2.10.